The molecule has 1 unspecified atom stereocenters. The number of amides is 2. The van der Waals surface area contributed by atoms with Gasteiger partial charge in [-0.3, -0.25) is 13.9 Å². The Bertz CT molecular complexity index is 1710. The van der Waals surface area contributed by atoms with Crippen LogP contribution in [0.15, 0.2) is 112 Å². The number of carbonyl (C=O) groups excluding carboxylic acids is 2. The quantitative estimate of drug-likeness (QED) is 0.156. The summed E-state index contributed by atoms with van der Waals surface area (Å²) in [4.78, 5) is 29.8. The SMILES string of the molecule is CC(C)CNC(=O)C(Cc1ccccc1)N(Cc1ccc(Cl)cc1Cl)C(=O)CN(c1ccc(Br)cc1)S(=O)(=O)c1ccccc1. The molecule has 0 aliphatic carbocycles. The number of sulfonamides is 1. The first kappa shape index (κ1) is 34.5. The smallest absolute Gasteiger partial charge is 0.264 e. The van der Waals surface area contributed by atoms with Crippen LogP contribution in [-0.4, -0.2) is 44.3 Å². The standard InChI is InChI=1S/C34H34BrCl2N3O4S/c1-24(2)21-38-34(42)32(19-25-9-5-3-6-10-25)39(22-26-13-16-28(36)20-31(26)37)33(41)23-40(29-17-14-27(35)15-18-29)45(43,44)30-11-7-4-8-12-30/h3-18,20,24,32H,19,21-23H2,1-2H3,(H,38,42). The average Bonchev–Trinajstić information content (AvgIpc) is 3.02. The second-order valence-electron chi connectivity index (χ2n) is 10.9. The van der Waals surface area contributed by atoms with E-state index in [1.165, 1.54) is 17.0 Å². The van der Waals surface area contributed by atoms with E-state index in [1.807, 2.05) is 44.2 Å². The highest BCUT2D eigenvalue weighted by atomic mass is 79.9. The van der Waals surface area contributed by atoms with E-state index in [9.17, 15) is 18.0 Å². The molecule has 4 aromatic carbocycles. The molecule has 0 aromatic heterocycles. The van der Waals surface area contributed by atoms with Gasteiger partial charge in [0.1, 0.15) is 12.6 Å². The van der Waals surface area contributed by atoms with E-state index in [2.05, 4.69) is 21.2 Å². The summed E-state index contributed by atoms with van der Waals surface area (Å²) in [6.07, 6.45) is 0.200. The van der Waals surface area contributed by atoms with E-state index in [0.717, 1.165) is 14.3 Å². The number of nitrogens with zero attached hydrogens (tertiary/aromatic N) is 2. The zero-order valence-corrected chi connectivity index (χ0v) is 28.8. The first-order chi connectivity index (χ1) is 21.5. The van der Waals surface area contributed by atoms with Gasteiger partial charge in [0.05, 0.1) is 10.6 Å². The van der Waals surface area contributed by atoms with Gasteiger partial charge in [-0.25, -0.2) is 8.42 Å². The van der Waals surface area contributed by atoms with Crippen molar-refractivity contribution in [1.29, 1.82) is 0 Å². The molecular weight excluding hydrogens is 697 g/mol. The maximum absolute atomic E-state index is 14.5. The fourth-order valence-electron chi connectivity index (χ4n) is 4.67. The lowest BCUT2D eigenvalue weighted by Crippen LogP contribution is -2.53. The van der Waals surface area contributed by atoms with Gasteiger partial charge in [0.25, 0.3) is 10.0 Å². The zero-order chi connectivity index (χ0) is 32.6. The van der Waals surface area contributed by atoms with Gasteiger partial charge in [0, 0.05) is 34.0 Å². The third-order valence-electron chi connectivity index (χ3n) is 7.04. The van der Waals surface area contributed by atoms with Gasteiger partial charge in [-0.1, -0.05) is 108 Å². The summed E-state index contributed by atoms with van der Waals surface area (Å²) >= 11 is 16.1. The minimum absolute atomic E-state index is 0.0310. The summed E-state index contributed by atoms with van der Waals surface area (Å²) < 4.78 is 29.9. The Morgan fingerprint density at radius 1 is 0.867 bits per heavy atom. The summed E-state index contributed by atoms with van der Waals surface area (Å²) in [6.45, 7) is 3.75. The molecule has 236 valence electrons. The van der Waals surface area contributed by atoms with Crippen molar-refractivity contribution in [3.05, 3.63) is 129 Å². The Balaban J connectivity index is 1.81. The van der Waals surface area contributed by atoms with E-state index < -0.39 is 28.5 Å². The number of nitrogens with one attached hydrogen (secondary N) is 1. The summed E-state index contributed by atoms with van der Waals surface area (Å²) in [6, 6.07) is 27.9. The van der Waals surface area contributed by atoms with Gasteiger partial charge in [-0.05, 0) is 65.6 Å². The number of hydrogen-bond donors (Lipinski definition) is 1. The highest BCUT2D eigenvalue weighted by Gasteiger charge is 2.35. The van der Waals surface area contributed by atoms with E-state index in [1.54, 1.807) is 60.7 Å². The van der Waals surface area contributed by atoms with Gasteiger partial charge in [-0.15, -0.1) is 0 Å². The summed E-state index contributed by atoms with van der Waals surface area (Å²) in [5.41, 5.74) is 1.69. The predicted octanol–water partition coefficient (Wildman–Crippen LogP) is 7.36. The molecule has 0 spiro atoms. The zero-order valence-electron chi connectivity index (χ0n) is 24.9. The Labute approximate surface area is 283 Å². The molecule has 2 amide bonds. The molecule has 1 N–H and O–H groups in total. The molecule has 0 saturated carbocycles. The number of benzene rings is 4. The number of carbonyl (C=O) groups is 2. The van der Waals surface area contributed by atoms with Crippen LogP contribution in [-0.2, 0) is 32.6 Å². The van der Waals surface area contributed by atoms with Crippen molar-refractivity contribution in [3.8, 4) is 0 Å². The third kappa shape index (κ3) is 9.33. The molecule has 0 aliphatic rings. The second-order valence-corrected chi connectivity index (χ2v) is 14.5. The van der Waals surface area contributed by atoms with Gasteiger partial charge >= 0.3 is 0 Å². The molecule has 0 fully saturated rings. The molecule has 11 heteroatoms. The van der Waals surface area contributed by atoms with Gasteiger partial charge < -0.3 is 10.2 Å². The largest absolute Gasteiger partial charge is 0.354 e. The number of halogens is 3. The van der Waals surface area contributed by atoms with Crippen molar-refractivity contribution in [3.63, 3.8) is 0 Å². The highest BCUT2D eigenvalue weighted by molar-refractivity contribution is 9.10. The molecule has 4 aromatic rings. The molecule has 1 atom stereocenters. The van der Waals surface area contributed by atoms with Crippen LogP contribution in [0, 0.1) is 5.92 Å². The van der Waals surface area contributed by atoms with Crippen molar-refractivity contribution in [2.75, 3.05) is 17.4 Å². The number of anilines is 1. The molecule has 7 nitrogen and oxygen atoms in total. The van der Waals surface area contributed by atoms with Gasteiger partial charge in [0.15, 0.2) is 0 Å². The lowest BCUT2D eigenvalue weighted by atomic mass is 10.0. The van der Waals surface area contributed by atoms with Crippen molar-refractivity contribution >= 4 is 66.7 Å². The molecule has 0 aliphatic heterocycles. The first-order valence-corrected chi connectivity index (χ1v) is 17.3. The predicted molar refractivity (Wildman–Crippen MR) is 184 cm³/mol. The van der Waals surface area contributed by atoms with Crippen LogP contribution in [0.25, 0.3) is 0 Å². The highest BCUT2D eigenvalue weighted by Crippen LogP contribution is 2.28. The lowest BCUT2D eigenvalue weighted by molar-refractivity contribution is -0.140. The Morgan fingerprint density at radius 3 is 2.09 bits per heavy atom. The van der Waals surface area contributed by atoms with Gasteiger partial charge in [0.2, 0.25) is 11.8 Å². The van der Waals surface area contributed by atoms with Crippen LogP contribution in [0.3, 0.4) is 0 Å². The maximum atomic E-state index is 14.5. The number of hydrogen-bond acceptors (Lipinski definition) is 4. The van der Waals surface area contributed by atoms with Crippen LogP contribution in [0.1, 0.15) is 25.0 Å². The lowest BCUT2D eigenvalue weighted by Gasteiger charge is -2.34. The van der Waals surface area contributed by atoms with Crippen molar-refractivity contribution in [1.82, 2.24) is 10.2 Å². The fourth-order valence-corrected chi connectivity index (χ4v) is 6.83. The summed E-state index contributed by atoms with van der Waals surface area (Å²) in [7, 11) is -4.18. The number of rotatable bonds is 13. The molecule has 45 heavy (non-hydrogen) atoms. The van der Waals surface area contributed by atoms with E-state index in [4.69, 9.17) is 23.2 Å². The summed E-state index contributed by atoms with van der Waals surface area (Å²) in [5.74, 6) is -0.763. The van der Waals surface area contributed by atoms with E-state index in [-0.39, 0.29) is 29.7 Å². The maximum Gasteiger partial charge on any atom is 0.264 e. The Morgan fingerprint density at radius 2 is 1.49 bits per heavy atom. The third-order valence-corrected chi connectivity index (χ3v) is 9.94. The molecular formula is C34H34BrCl2N3O4S. The molecule has 0 bridgehead atoms. The monoisotopic (exact) mass is 729 g/mol. The first-order valence-electron chi connectivity index (χ1n) is 14.3. The Hall–Kier alpha value is -3.37. The van der Waals surface area contributed by atoms with Crippen LogP contribution in [0.4, 0.5) is 5.69 Å². The fraction of sp³-hybridized carbons (Fsp3) is 0.235. The van der Waals surface area contributed by atoms with Gasteiger partial charge in [-0.2, -0.15) is 0 Å². The Kier molecular flexibility index (Phi) is 12.1. The normalized spacial score (nSPS) is 12.0. The van der Waals surface area contributed by atoms with E-state index in [0.29, 0.717) is 27.8 Å². The van der Waals surface area contributed by atoms with Crippen molar-refractivity contribution < 1.29 is 18.0 Å². The molecule has 4 rings (SSSR count). The van der Waals surface area contributed by atoms with Crippen LogP contribution < -0.4 is 9.62 Å². The van der Waals surface area contributed by atoms with Crippen LogP contribution >= 0.6 is 39.1 Å². The second kappa shape index (κ2) is 15.8. The average molecular weight is 732 g/mol. The van der Waals surface area contributed by atoms with Crippen molar-refractivity contribution in [2.24, 2.45) is 5.92 Å². The van der Waals surface area contributed by atoms with Crippen LogP contribution in [0.2, 0.25) is 10.0 Å². The van der Waals surface area contributed by atoms with Crippen LogP contribution in [0.5, 0.6) is 0 Å². The minimum atomic E-state index is -4.18. The topological polar surface area (TPSA) is 86.8 Å². The minimum Gasteiger partial charge on any atom is -0.354 e. The molecule has 0 radical (unpaired) electrons. The van der Waals surface area contributed by atoms with Crippen molar-refractivity contribution in [2.45, 2.75) is 37.8 Å². The summed E-state index contributed by atoms with van der Waals surface area (Å²) in [5, 5.41) is 3.72. The molecule has 0 saturated heterocycles. The van der Waals surface area contributed by atoms with E-state index >= 15 is 0 Å². The molecule has 0 heterocycles.